The molecule has 1 aromatic heterocycles. The Bertz CT molecular complexity index is 524. The van der Waals surface area contributed by atoms with Gasteiger partial charge in [0.15, 0.2) is 0 Å². The van der Waals surface area contributed by atoms with Gasteiger partial charge < -0.3 is 9.88 Å². The van der Waals surface area contributed by atoms with Crippen molar-refractivity contribution in [2.45, 2.75) is 27.3 Å². The number of nitrogens with zero attached hydrogens (tertiary/aromatic N) is 1. The first-order valence-electron chi connectivity index (χ1n) is 6.00. The van der Waals surface area contributed by atoms with Crippen molar-refractivity contribution in [2.75, 3.05) is 5.32 Å². The molecule has 1 N–H and O–H groups in total. The predicted octanol–water partition coefficient (Wildman–Crippen LogP) is 3.56. The minimum Gasteiger partial charge on any atom is -0.381 e. The highest BCUT2D eigenvalue weighted by atomic mass is 15.0. The van der Waals surface area contributed by atoms with E-state index < -0.39 is 0 Å². The van der Waals surface area contributed by atoms with E-state index in [9.17, 15) is 0 Å². The van der Waals surface area contributed by atoms with Crippen molar-refractivity contribution < 1.29 is 0 Å². The lowest BCUT2D eigenvalue weighted by atomic mass is 10.2. The number of aromatic nitrogens is 1. The van der Waals surface area contributed by atoms with Crippen LogP contribution in [-0.2, 0) is 13.6 Å². The Morgan fingerprint density at radius 1 is 1.12 bits per heavy atom. The second-order valence-corrected chi connectivity index (χ2v) is 4.68. The van der Waals surface area contributed by atoms with Crippen LogP contribution in [-0.4, -0.2) is 4.57 Å². The van der Waals surface area contributed by atoms with Crippen molar-refractivity contribution in [1.82, 2.24) is 4.57 Å². The van der Waals surface area contributed by atoms with E-state index in [1.54, 1.807) is 0 Å². The second-order valence-electron chi connectivity index (χ2n) is 4.68. The van der Waals surface area contributed by atoms with E-state index in [1.807, 2.05) is 0 Å². The molecule has 17 heavy (non-hydrogen) atoms. The highest BCUT2D eigenvalue weighted by Gasteiger charge is 2.05. The predicted molar refractivity (Wildman–Crippen MR) is 73.4 cm³/mol. The molecule has 1 heterocycles. The van der Waals surface area contributed by atoms with Gasteiger partial charge in [0.1, 0.15) is 0 Å². The Balaban J connectivity index is 2.10. The summed E-state index contributed by atoms with van der Waals surface area (Å²) in [5.41, 5.74) is 6.49. The van der Waals surface area contributed by atoms with E-state index in [-0.39, 0.29) is 0 Å². The molecule has 1 aromatic carbocycles. The maximum absolute atomic E-state index is 3.47. The van der Waals surface area contributed by atoms with Gasteiger partial charge in [0.25, 0.3) is 0 Å². The molecular formula is C15H20N2. The molecule has 0 spiro atoms. The van der Waals surface area contributed by atoms with Crippen LogP contribution < -0.4 is 5.32 Å². The maximum atomic E-state index is 3.47. The molecule has 0 saturated carbocycles. The van der Waals surface area contributed by atoms with Gasteiger partial charge in [-0.2, -0.15) is 0 Å². The summed E-state index contributed by atoms with van der Waals surface area (Å²) in [6.07, 6.45) is 0. The fraction of sp³-hybridized carbons (Fsp3) is 0.333. The zero-order valence-corrected chi connectivity index (χ0v) is 11.0. The van der Waals surface area contributed by atoms with E-state index in [0.717, 1.165) is 6.54 Å². The molecule has 90 valence electrons. The number of nitrogens with one attached hydrogen (secondary N) is 1. The van der Waals surface area contributed by atoms with Gasteiger partial charge >= 0.3 is 0 Å². The van der Waals surface area contributed by atoms with Gasteiger partial charge in [-0.25, -0.2) is 0 Å². The molecule has 0 radical (unpaired) electrons. The van der Waals surface area contributed by atoms with Crippen LogP contribution in [0.15, 0.2) is 30.3 Å². The number of hydrogen-bond acceptors (Lipinski definition) is 1. The number of benzene rings is 1. The Morgan fingerprint density at radius 3 is 2.47 bits per heavy atom. The largest absolute Gasteiger partial charge is 0.381 e. The quantitative estimate of drug-likeness (QED) is 0.850. The van der Waals surface area contributed by atoms with Gasteiger partial charge in [0, 0.05) is 30.7 Å². The fourth-order valence-corrected chi connectivity index (χ4v) is 2.06. The van der Waals surface area contributed by atoms with Crippen molar-refractivity contribution in [3.8, 4) is 0 Å². The average Bonchev–Trinajstić information content (AvgIpc) is 2.54. The normalized spacial score (nSPS) is 10.6. The summed E-state index contributed by atoms with van der Waals surface area (Å²) in [4.78, 5) is 0. The Kier molecular flexibility index (Phi) is 3.23. The number of hydrogen-bond donors (Lipinski definition) is 1. The summed E-state index contributed by atoms with van der Waals surface area (Å²) in [5.74, 6) is 0. The van der Waals surface area contributed by atoms with Crippen molar-refractivity contribution in [2.24, 2.45) is 7.05 Å². The minimum absolute atomic E-state index is 0.886. The Hall–Kier alpha value is -1.70. The van der Waals surface area contributed by atoms with Gasteiger partial charge in [0.05, 0.1) is 0 Å². The Morgan fingerprint density at radius 2 is 1.88 bits per heavy atom. The summed E-state index contributed by atoms with van der Waals surface area (Å²) in [6.45, 7) is 7.31. The molecule has 0 bridgehead atoms. The van der Waals surface area contributed by atoms with Crippen LogP contribution in [0.3, 0.4) is 0 Å². The van der Waals surface area contributed by atoms with Gasteiger partial charge in [-0.3, -0.25) is 0 Å². The van der Waals surface area contributed by atoms with Gasteiger partial charge in [-0.05, 0) is 50.1 Å². The SMILES string of the molecule is Cc1cccc(NCc2cc(C)n(C)c2C)c1. The highest BCUT2D eigenvalue weighted by molar-refractivity contribution is 5.46. The molecule has 2 aromatic rings. The van der Waals surface area contributed by atoms with E-state index in [2.05, 4.69) is 68.0 Å². The molecule has 2 rings (SSSR count). The fourth-order valence-electron chi connectivity index (χ4n) is 2.06. The molecular weight excluding hydrogens is 208 g/mol. The second kappa shape index (κ2) is 4.66. The molecule has 0 aliphatic carbocycles. The monoisotopic (exact) mass is 228 g/mol. The van der Waals surface area contributed by atoms with Crippen LogP contribution in [0.25, 0.3) is 0 Å². The zero-order chi connectivity index (χ0) is 12.4. The van der Waals surface area contributed by atoms with Crippen LogP contribution in [0, 0.1) is 20.8 Å². The highest BCUT2D eigenvalue weighted by Crippen LogP contribution is 2.16. The van der Waals surface area contributed by atoms with Crippen molar-refractivity contribution in [3.63, 3.8) is 0 Å². The topological polar surface area (TPSA) is 17.0 Å². The van der Waals surface area contributed by atoms with E-state index in [0.29, 0.717) is 0 Å². The van der Waals surface area contributed by atoms with Crippen LogP contribution in [0.2, 0.25) is 0 Å². The van der Waals surface area contributed by atoms with Gasteiger partial charge in [0.2, 0.25) is 0 Å². The third kappa shape index (κ3) is 2.52. The molecule has 0 fully saturated rings. The third-order valence-electron chi connectivity index (χ3n) is 3.38. The summed E-state index contributed by atoms with van der Waals surface area (Å²) in [6, 6.07) is 10.7. The Labute approximate surface area is 103 Å². The molecule has 0 saturated heterocycles. The minimum atomic E-state index is 0.886. The van der Waals surface area contributed by atoms with E-state index >= 15 is 0 Å². The lowest BCUT2D eigenvalue weighted by Crippen LogP contribution is -2.01. The molecule has 0 unspecified atom stereocenters. The van der Waals surface area contributed by atoms with Crippen LogP contribution in [0.4, 0.5) is 5.69 Å². The molecule has 2 nitrogen and oxygen atoms in total. The van der Waals surface area contributed by atoms with Gasteiger partial charge in [-0.1, -0.05) is 12.1 Å². The first-order chi connectivity index (χ1) is 8.08. The first-order valence-corrected chi connectivity index (χ1v) is 6.00. The zero-order valence-electron chi connectivity index (χ0n) is 11.0. The van der Waals surface area contributed by atoms with Crippen LogP contribution in [0.5, 0.6) is 0 Å². The van der Waals surface area contributed by atoms with E-state index in [1.165, 1.54) is 28.2 Å². The standard InChI is InChI=1S/C15H20N2/c1-11-6-5-7-15(8-11)16-10-14-9-12(2)17(4)13(14)3/h5-9,16H,10H2,1-4H3. The van der Waals surface area contributed by atoms with Crippen molar-refractivity contribution in [3.05, 3.63) is 52.8 Å². The summed E-state index contributed by atoms with van der Waals surface area (Å²) < 4.78 is 2.23. The smallest absolute Gasteiger partial charge is 0.0418 e. The molecule has 0 amide bonds. The molecule has 2 heteroatoms. The number of anilines is 1. The van der Waals surface area contributed by atoms with Gasteiger partial charge in [-0.15, -0.1) is 0 Å². The lowest BCUT2D eigenvalue weighted by Gasteiger charge is -2.07. The van der Waals surface area contributed by atoms with Crippen LogP contribution in [0.1, 0.15) is 22.5 Å². The summed E-state index contributed by atoms with van der Waals surface area (Å²) >= 11 is 0. The first kappa shape index (κ1) is 11.8. The number of rotatable bonds is 3. The lowest BCUT2D eigenvalue weighted by molar-refractivity contribution is 0.837. The maximum Gasteiger partial charge on any atom is 0.0418 e. The summed E-state index contributed by atoms with van der Waals surface area (Å²) in [7, 11) is 2.11. The summed E-state index contributed by atoms with van der Waals surface area (Å²) in [5, 5.41) is 3.47. The third-order valence-corrected chi connectivity index (χ3v) is 3.38. The average molecular weight is 228 g/mol. The number of aryl methyl sites for hydroxylation is 2. The molecule has 0 aliphatic rings. The molecule has 0 aliphatic heterocycles. The van der Waals surface area contributed by atoms with Crippen molar-refractivity contribution >= 4 is 5.69 Å². The van der Waals surface area contributed by atoms with Crippen molar-refractivity contribution in [1.29, 1.82) is 0 Å². The van der Waals surface area contributed by atoms with Crippen LogP contribution >= 0.6 is 0 Å². The van der Waals surface area contributed by atoms with E-state index in [4.69, 9.17) is 0 Å². The molecule has 0 atom stereocenters.